The van der Waals surface area contributed by atoms with Crippen molar-refractivity contribution in [3.05, 3.63) is 47.3 Å². The molecule has 132 valence electrons. The molecule has 2 aliphatic rings. The summed E-state index contributed by atoms with van der Waals surface area (Å²) >= 11 is 0. The summed E-state index contributed by atoms with van der Waals surface area (Å²) in [5.41, 5.74) is 2.83. The maximum atomic E-state index is 12.7. The van der Waals surface area contributed by atoms with Crippen molar-refractivity contribution in [3.63, 3.8) is 0 Å². The Morgan fingerprint density at radius 1 is 1.32 bits per heavy atom. The Balaban J connectivity index is 1.50. The van der Waals surface area contributed by atoms with Gasteiger partial charge in [-0.3, -0.25) is 9.69 Å². The highest BCUT2D eigenvalue weighted by Crippen LogP contribution is 2.26. The normalized spacial score (nSPS) is 26.4. The number of likely N-dealkylation sites (N-methyl/N-ethyl adjacent to an activating group) is 1. The molecule has 1 fully saturated rings. The second kappa shape index (κ2) is 6.57. The molecule has 3 atom stereocenters. The van der Waals surface area contributed by atoms with E-state index in [1.54, 1.807) is 6.20 Å². The van der Waals surface area contributed by atoms with Crippen LogP contribution in [0.3, 0.4) is 0 Å². The molecule has 0 radical (unpaired) electrons. The fraction of sp³-hybridized carbons (Fsp3) is 0.500. The lowest BCUT2D eigenvalue weighted by atomic mass is 9.95. The minimum absolute atomic E-state index is 0.0281. The SMILES string of the molecule is C[C@@H]1CNC[C@H]1n1cc(C(=O)NC2CN(C)Cc3ccccc32)nn1. The third-order valence-corrected chi connectivity index (χ3v) is 5.23. The van der Waals surface area contributed by atoms with Gasteiger partial charge < -0.3 is 10.6 Å². The largest absolute Gasteiger partial charge is 0.342 e. The Bertz CT molecular complexity index is 772. The average molecular weight is 340 g/mol. The summed E-state index contributed by atoms with van der Waals surface area (Å²) in [6.07, 6.45) is 1.77. The van der Waals surface area contributed by atoms with Crippen LogP contribution in [0.25, 0.3) is 0 Å². The molecule has 0 aliphatic carbocycles. The second-order valence-corrected chi connectivity index (χ2v) is 7.21. The number of hydrogen-bond acceptors (Lipinski definition) is 5. The first-order chi connectivity index (χ1) is 12.1. The molecule has 1 saturated heterocycles. The van der Waals surface area contributed by atoms with E-state index in [4.69, 9.17) is 0 Å². The second-order valence-electron chi connectivity index (χ2n) is 7.21. The summed E-state index contributed by atoms with van der Waals surface area (Å²) in [7, 11) is 2.07. The molecule has 0 bridgehead atoms. The highest BCUT2D eigenvalue weighted by molar-refractivity contribution is 5.92. The topological polar surface area (TPSA) is 75.1 Å². The first-order valence-electron chi connectivity index (χ1n) is 8.81. The Hall–Kier alpha value is -2.25. The molecule has 0 saturated carbocycles. The Labute approximate surface area is 147 Å². The van der Waals surface area contributed by atoms with Gasteiger partial charge in [0, 0.05) is 19.6 Å². The standard InChI is InChI=1S/C18H24N6O/c1-12-7-19-8-17(12)24-11-16(21-22-24)18(25)20-15-10-23(2)9-13-5-3-4-6-14(13)15/h3-6,11-12,15,17,19H,7-10H2,1-2H3,(H,20,25)/t12-,15?,17-/m1/s1. The molecule has 4 rings (SSSR count). The minimum atomic E-state index is -0.167. The van der Waals surface area contributed by atoms with Crippen molar-refractivity contribution in [2.75, 3.05) is 26.7 Å². The summed E-state index contributed by atoms with van der Waals surface area (Å²) in [5.74, 6) is 0.316. The molecule has 25 heavy (non-hydrogen) atoms. The Morgan fingerprint density at radius 2 is 2.16 bits per heavy atom. The average Bonchev–Trinajstić information content (AvgIpc) is 3.23. The molecule has 2 N–H and O–H groups in total. The van der Waals surface area contributed by atoms with Gasteiger partial charge in [-0.1, -0.05) is 36.4 Å². The van der Waals surface area contributed by atoms with Gasteiger partial charge in [-0.15, -0.1) is 5.10 Å². The number of hydrogen-bond donors (Lipinski definition) is 2. The van der Waals surface area contributed by atoms with Gasteiger partial charge in [0.25, 0.3) is 5.91 Å². The number of nitrogens with one attached hydrogen (secondary N) is 2. The first-order valence-corrected chi connectivity index (χ1v) is 8.81. The molecule has 1 amide bonds. The Kier molecular flexibility index (Phi) is 4.27. The van der Waals surface area contributed by atoms with E-state index in [9.17, 15) is 4.79 Å². The quantitative estimate of drug-likeness (QED) is 0.871. The van der Waals surface area contributed by atoms with Crippen LogP contribution in [0.1, 0.15) is 40.6 Å². The highest BCUT2D eigenvalue weighted by Gasteiger charge is 2.28. The highest BCUT2D eigenvalue weighted by atomic mass is 16.2. The third-order valence-electron chi connectivity index (χ3n) is 5.23. The van der Waals surface area contributed by atoms with Crippen molar-refractivity contribution in [3.8, 4) is 0 Å². The lowest BCUT2D eigenvalue weighted by Gasteiger charge is -2.32. The van der Waals surface area contributed by atoms with Gasteiger partial charge in [-0.05, 0) is 30.6 Å². The van der Waals surface area contributed by atoms with Crippen molar-refractivity contribution in [2.45, 2.75) is 25.6 Å². The van der Waals surface area contributed by atoms with Crippen LogP contribution in [0.2, 0.25) is 0 Å². The zero-order valence-electron chi connectivity index (χ0n) is 14.6. The molecule has 3 heterocycles. The van der Waals surface area contributed by atoms with E-state index < -0.39 is 0 Å². The van der Waals surface area contributed by atoms with Gasteiger partial charge in [0.05, 0.1) is 18.3 Å². The number of nitrogens with zero attached hydrogens (tertiary/aromatic N) is 4. The van der Waals surface area contributed by atoms with Crippen LogP contribution in [0.15, 0.2) is 30.5 Å². The van der Waals surface area contributed by atoms with Crippen LogP contribution in [-0.2, 0) is 6.54 Å². The summed E-state index contributed by atoms with van der Waals surface area (Å²) in [6.45, 7) is 5.72. The fourth-order valence-corrected chi connectivity index (χ4v) is 3.83. The van der Waals surface area contributed by atoms with Crippen molar-refractivity contribution >= 4 is 5.91 Å². The van der Waals surface area contributed by atoms with Crippen LogP contribution >= 0.6 is 0 Å². The number of carbonyl (C=O) groups is 1. The lowest BCUT2D eigenvalue weighted by Crippen LogP contribution is -2.40. The van der Waals surface area contributed by atoms with E-state index in [0.717, 1.165) is 26.2 Å². The predicted molar refractivity (Wildman–Crippen MR) is 94.1 cm³/mol. The van der Waals surface area contributed by atoms with E-state index in [1.807, 2.05) is 16.8 Å². The molecule has 7 nitrogen and oxygen atoms in total. The summed E-state index contributed by atoms with van der Waals surface area (Å²) in [6, 6.07) is 8.51. The van der Waals surface area contributed by atoms with Gasteiger partial charge >= 0.3 is 0 Å². The summed E-state index contributed by atoms with van der Waals surface area (Å²) in [4.78, 5) is 14.9. The van der Waals surface area contributed by atoms with E-state index in [0.29, 0.717) is 11.6 Å². The smallest absolute Gasteiger partial charge is 0.273 e. The first kappa shape index (κ1) is 16.2. The molecular weight excluding hydrogens is 316 g/mol. The van der Waals surface area contributed by atoms with Crippen molar-refractivity contribution in [1.29, 1.82) is 0 Å². The molecule has 1 unspecified atom stereocenters. The molecule has 7 heteroatoms. The summed E-state index contributed by atoms with van der Waals surface area (Å²) < 4.78 is 1.82. The van der Waals surface area contributed by atoms with Crippen LogP contribution in [0, 0.1) is 5.92 Å². The van der Waals surface area contributed by atoms with Crippen molar-refractivity contribution < 1.29 is 4.79 Å². The maximum absolute atomic E-state index is 12.7. The van der Waals surface area contributed by atoms with Crippen molar-refractivity contribution in [1.82, 2.24) is 30.5 Å². The molecule has 1 aromatic heterocycles. The van der Waals surface area contributed by atoms with Gasteiger partial charge in [0.15, 0.2) is 5.69 Å². The number of fused-ring (bicyclic) bond motifs is 1. The molecule has 1 aromatic carbocycles. The maximum Gasteiger partial charge on any atom is 0.273 e. The van der Waals surface area contributed by atoms with Gasteiger partial charge in [0.1, 0.15) is 0 Å². The molecule has 2 aliphatic heterocycles. The van der Waals surface area contributed by atoms with E-state index in [2.05, 4.69) is 51.9 Å². The van der Waals surface area contributed by atoms with Crippen LogP contribution in [0.4, 0.5) is 0 Å². The fourth-order valence-electron chi connectivity index (χ4n) is 3.83. The number of amides is 1. The van der Waals surface area contributed by atoms with E-state index in [1.165, 1.54) is 11.1 Å². The number of benzene rings is 1. The van der Waals surface area contributed by atoms with Crippen LogP contribution in [0.5, 0.6) is 0 Å². The van der Waals surface area contributed by atoms with Gasteiger partial charge in [-0.25, -0.2) is 4.68 Å². The Morgan fingerprint density at radius 3 is 2.96 bits per heavy atom. The number of rotatable bonds is 3. The van der Waals surface area contributed by atoms with Crippen LogP contribution < -0.4 is 10.6 Å². The molecular formula is C18H24N6O. The zero-order valence-corrected chi connectivity index (χ0v) is 14.6. The third kappa shape index (κ3) is 3.17. The zero-order chi connectivity index (χ0) is 17.4. The van der Waals surface area contributed by atoms with E-state index in [-0.39, 0.29) is 18.0 Å². The molecule has 2 aromatic rings. The summed E-state index contributed by atoms with van der Waals surface area (Å²) in [5, 5.41) is 14.7. The number of carbonyl (C=O) groups excluding carboxylic acids is 1. The van der Waals surface area contributed by atoms with Gasteiger partial charge in [0.2, 0.25) is 0 Å². The predicted octanol–water partition coefficient (Wildman–Crippen LogP) is 0.975. The minimum Gasteiger partial charge on any atom is -0.342 e. The van der Waals surface area contributed by atoms with Crippen molar-refractivity contribution in [2.24, 2.45) is 5.92 Å². The van der Waals surface area contributed by atoms with Gasteiger partial charge in [-0.2, -0.15) is 0 Å². The number of aromatic nitrogens is 3. The monoisotopic (exact) mass is 340 g/mol. The molecule has 0 spiro atoms. The van der Waals surface area contributed by atoms with Crippen LogP contribution in [-0.4, -0.2) is 52.5 Å². The lowest BCUT2D eigenvalue weighted by molar-refractivity contribution is 0.0917. The van der Waals surface area contributed by atoms with E-state index >= 15 is 0 Å².